The maximum atomic E-state index is 2.44. The van der Waals surface area contributed by atoms with Crippen LogP contribution in [-0.2, 0) is 0 Å². The largest absolute Gasteiger partial charge is 0.309 e. The highest BCUT2D eigenvalue weighted by molar-refractivity contribution is 6.14. The fraction of sp³-hybridized carbons (Fsp3) is 0. The number of hydrogen-bond acceptors (Lipinski definition) is 0. The number of fused-ring (bicyclic) bond motifs is 10. The van der Waals surface area contributed by atoms with Crippen molar-refractivity contribution in [3.8, 4) is 28.2 Å². The molecule has 3 heteroatoms. The molecule has 0 aliphatic rings. The lowest BCUT2D eigenvalue weighted by Crippen LogP contribution is -1.96. The van der Waals surface area contributed by atoms with Crippen molar-refractivity contribution < 1.29 is 0 Å². The molecule has 0 aliphatic carbocycles. The van der Waals surface area contributed by atoms with Crippen molar-refractivity contribution >= 4 is 76.2 Å². The molecule has 0 N–H and O–H groups in total. The fourth-order valence-electron chi connectivity index (χ4n) is 9.20. The van der Waals surface area contributed by atoms with Gasteiger partial charge in [0.15, 0.2) is 0 Å². The maximum Gasteiger partial charge on any atom is 0.0542 e. The van der Waals surface area contributed by atoms with Crippen molar-refractivity contribution in [2.45, 2.75) is 0 Å². The van der Waals surface area contributed by atoms with E-state index < -0.39 is 0 Å². The topological polar surface area (TPSA) is 14.8 Å². The van der Waals surface area contributed by atoms with Crippen LogP contribution in [0.15, 0.2) is 200 Å². The Morgan fingerprint density at radius 2 is 0.673 bits per heavy atom. The molecule has 0 bridgehead atoms. The average Bonchev–Trinajstić information content (AvgIpc) is 3.88. The molecule has 12 aromatic rings. The number of benzene rings is 9. The van der Waals surface area contributed by atoms with Crippen molar-refractivity contribution in [1.82, 2.24) is 13.7 Å². The molecule has 55 heavy (non-hydrogen) atoms. The van der Waals surface area contributed by atoms with Gasteiger partial charge in [0.1, 0.15) is 0 Å². The molecule has 0 unspecified atom stereocenters. The van der Waals surface area contributed by atoms with Gasteiger partial charge in [-0.05, 0) is 95.4 Å². The van der Waals surface area contributed by atoms with Gasteiger partial charge < -0.3 is 13.7 Å². The third kappa shape index (κ3) is 4.38. The minimum atomic E-state index is 1.16. The molecule has 3 heterocycles. The molecular formula is C52H33N3. The van der Waals surface area contributed by atoms with Gasteiger partial charge in [-0.3, -0.25) is 0 Å². The Balaban J connectivity index is 1.04. The predicted molar refractivity (Wildman–Crippen MR) is 232 cm³/mol. The van der Waals surface area contributed by atoms with Crippen LogP contribution in [0.1, 0.15) is 0 Å². The highest BCUT2D eigenvalue weighted by Gasteiger charge is 2.19. The van der Waals surface area contributed by atoms with E-state index in [4.69, 9.17) is 0 Å². The number of rotatable bonds is 4. The third-order valence-electron chi connectivity index (χ3n) is 11.6. The fourth-order valence-corrected chi connectivity index (χ4v) is 9.20. The zero-order valence-electron chi connectivity index (χ0n) is 29.9. The minimum Gasteiger partial charge on any atom is -0.309 e. The summed E-state index contributed by atoms with van der Waals surface area (Å²) >= 11 is 0. The van der Waals surface area contributed by atoms with Crippen LogP contribution in [0.2, 0.25) is 0 Å². The summed E-state index contributed by atoms with van der Waals surface area (Å²) in [5.41, 5.74) is 13.2. The minimum absolute atomic E-state index is 1.16. The van der Waals surface area contributed by atoms with Crippen LogP contribution < -0.4 is 0 Å². The summed E-state index contributed by atoms with van der Waals surface area (Å²) in [6, 6.07) is 73.2. The zero-order chi connectivity index (χ0) is 36.0. The molecule has 3 aromatic heterocycles. The molecule has 9 aromatic carbocycles. The molecule has 0 radical (unpaired) electrons. The predicted octanol–water partition coefficient (Wildman–Crippen LogP) is 13.8. The zero-order valence-corrected chi connectivity index (χ0v) is 29.9. The second-order valence-corrected chi connectivity index (χ2v) is 14.6. The number of aromatic nitrogens is 3. The van der Waals surface area contributed by atoms with E-state index in [0.29, 0.717) is 0 Å². The van der Waals surface area contributed by atoms with Gasteiger partial charge in [-0.1, -0.05) is 121 Å². The summed E-state index contributed by atoms with van der Waals surface area (Å²) in [7, 11) is 0. The van der Waals surface area contributed by atoms with Gasteiger partial charge in [0.05, 0.1) is 38.8 Å². The number of para-hydroxylation sites is 4. The summed E-state index contributed by atoms with van der Waals surface area (Å²) in [5, 5.41) is 10.00. The highest BCUT2D eigenvalue weighted by atomic mass is 15.0. The molecule has 0 atom stereocenters. The van der Waals surface area contributed by atoms with Crippen LogP contribution in [0.25, 0.3) is 104 Å². The van der Waals surface area contributed by atoms with E-state index in [1.165, 1.54) is 98.7 Å². The summed E-state index contributed by atoms with van der Waals surface area (Å²) in [6.45, 7) is 0. The van der Waals surface area contributed by atoms with Gasteiger partial charge in [0, 0.05) is 49.1 Å². The summed E-state index contributed by atoms with van der Waals surface area (Å²) in [6.07, 6.45) is 0. The Morgan fingerprint density at radius 1 is 0.236 bits per heavy atom. The Labute approximate surface area is 317 Å². The van der Waals surface area contributed by atoms with E-state index in [1.54, 1.807) is 0 Å². The molecule has 3 nitrogen and oxygen atoms in total. The molecule has 0 saturated carbocycles. The maximum absolute atomic E-state index is 2.44. The SMILES string of the molecule is c1ccc(-n2c3ccccc3c3cc(-c4ccc5c(c4)c4ccccc4n5-c4ccc5c(c4)c4ccccc4n5-c4cccc5ccccc45)ccc32)cc1. The van der Waals surface area contributed by atoms with Gasteiger partial charge in [0.25, 0.3) is 0 Å². The Kier molecular flexibility index (Phi) is 6.34. The lowest BCUT2D eigenvalue weighted by Gasteiger charge is -2.12. The van der Waals surface area contributed by atoms with Crippen LogP contribution in [0.3, 0.4) is 0 Å². The Morgan fingerprint density at radius 3 is 1.31 bits per heavy atom. The standard InChI is InChI=1S/C52H33N3/c1-2-15-37(16-3-1)53-47-21-9-6-18-40(47)43-31-35(25-28-50(43)53)36-26-29-51-44(32-36)41-19-7-10-22-48(41)54(51)38-27-30-52-45(33-38)42-20-8-11-23-49(42)55(52)46-24-12-14-34-13-4-5-17-39(34)46/h1-33H. The monoisotopic (exact) mass is 699 g/mol. The number of nitrogens with zero attached hydrogens (tertiary/aromatic N) is 3. The highest BCUT2D eigenvalue weighted by Crippen LogP contribution is 2.40. The van der Waals surface area contributed by atoms with E-state index in [1.807, 2.05) is 0 Å². The van der Waals surface area contributed by atoms with Gasteiger partial charge in [0.2, 0.25) is 0 Å². The average molecular weight is 700 g/mol. The summed E-state index contributed by atoms with van der Waals surface area (Å²) < 4.78 is 7.25. The van der Waals surface area contributed by atoms with Gasteiger partial charge in [-0.25, -0.2) is 0 Å². The van der Waals surface area contributed by atoms with E-state index in [-0.39, 0.29) is 0 Å². The van der Waals surface area contributed by atoms with Crippen LogP contribution in [0, 0.1) is 0 Å². The molecule has 256 valence electrons. The van der Waals surface area contributed by atoms with Gasteiger partial charge >= 0.3 is 0 Å². The first-order chi connectivity index (χ1) is 27.3. The van der Waals surface area contributed by atoms with E-state index >= 15 is 0 Å². The molecular weight excluding hydrogens is 667 g/mol. The Bertz CT molecular complexity index is 3480. The smallest absolute Gasteiger partial charge is 0.0542 e. The molecule has 0 saturated heterocycles. The molecule has 0 spiro atoms. The van der Waals surface area contributed by atoms with E-state index in [2.05, 4.69) is 214 Å². The number of hydrogen-bond donors (Lipinski definition) is 0. The summed E-state index contributed by atoms with van der Waals surface area (Å²) in [4.78, 5) is 0. The quantitative estimate of drug-likeness (QED) is 0.174. The lowest BCUT2D eigenvalue weighted by atomic mass is 10.0. The van der Waals surface area contributed by atoms with Crippen LogP contribution in [0.4, 0.5) is 0 Å². The Hall–Kier alpha value is -7.36. The second kappa shape index (κ2) is 11.6. The first-order valence-electron chi connectivity index (χ1n) is 18.9. The first-order valence-corrected chi connectivity index (χ1v) is 18.9. The van der Waals surface area contributed by atoms with Crippen molar-refractivity contribution in [3.05, 3.63) is 200 Å². The second-order valence-electron chi connectivity index (χ2n) is 14.6. The van der Waals surface area contributed by atoms with Crippen LogP contribution >= 0.6 is 0 Å². The van der Waals surface area contributed by atoms with Crippen molar-refractivity contribution in [3.63, 3.8) is 0 Å². The van der Waals surface area contributed by atoms with Crippen molar-refractivity contribution in [2.75, 3.05) is 0 Å². The lowest BCUT2D eigenvalue weighted by molar-refractivity contribution is 1.17. The summed E-state index contributed by atoms with van der Waals surface area (Å²) in [5.74, 6) is 0. The van der Waals surface area contributed by atoms with Crippen molar-refractivity contribution in [1.29, 1.82) is 0 Å². The van der Waals surface area contributed by atoms with Gasteiger partial charge in [-0.15, -0.1) is 0 Å². The molecule has 0 fully saturated rings. The van der Waals surface area contributed by atoms with Crippen LogP contribution in [-0.4, -0.2) is 13.7 Å². The normalized spacial score (nSPS) is 12.0. The first kappa shape index (κ1) is 30.1. The molecule has 0 aliphatic heterocycles. The van der Waals surface area contributed by atoms with Gasteiger partial charge in [-0.2, -0.15) is 0 Å². The van der Waals surface area contributed by atoms with E-state index in [9.17, 15) is 0 Å². The van der Waals surface area contributed by atoms with Crippen LogP contribution in [0.5, 0.6) is 0 Å². The van der Waals surface area contributed by atoms with E-state index in [0.717, 1.165) is 5.69 Å². The third-order valence-corrected chi connectivity index (χ3v) is 11.6. The molecule has 12 rings (SSSR count). The molecule has 0 amide bonds. The van der Waals surface area contributed by atoms with Crippen molar-refractivity contribution in [2.24, 2.45) is 0 Å².